The van der Waals surface area contributed by atoms with Gasteiger partial charge in [0.25, 0.3) is 0 Å². The van der Waals surface area contributed by atoms with Crippen LogP contribution in [0.15, 0.2) is 30.3 Å². The van der Waals surface area contributed by atoms with Crippen LogP contribution in [0.4, 0.5) is 5.69 Å². The summed E-state index contributed by atoms with van der Waals surface area (Å²) < 4.78 is 0. The van der Waals surface area contributed by atoms with Crippen molar-refractivity contribution in [2.75, 3.05) is 5.32 Å². The van der Waals surface area contributed by atoms with Crippen molar-refractivity contribution in [3.05, 3.63) is 30.3 Å². The standard InChI is InChI=1S/C14H19NO/c1-11(12-6-5-9-14(16)10-12)15-13-7-3-2-4-8-13/h2-4,7-8,11-12,15H,5-6,9-10H2,1H3/t11-,12-/m1/s1. The number of carbonyl (C=O) groups is 1. The first-order chi connectivity index (χ1) is 7.75. The Labute approximate surface area is 97.1 Å². The third-order valence-electron chi connectivity index (χ3n) is 3.40. The Kier molecular flexibility index (Phi) is 3.60. The van der Waals surface area contributed by atoms with Crippen LogP contribution < -0.4 is 5.32 Å². The summed E-state index contributed by atoms with van der Waals surface area (Å²) in [5.41, 5.74) is 1.15. The minimum absolute atomic E-state index is 0.381. The third kappa shape index (κ3) is 2.84. The van der Waals surface area contributed by atoms with Gasteiger partial charge in [0, 0.05) is 24.6 Å². The highest BCUT2D eigenvalue weighted by molar-refractivity contribution is 5.79. The fourth-order valence-electron chi connectivity index (χ4n) is 2.40. The molecular formula is C14H19NO. The summed E-state index contributed by atoms with van der Waals surface area (Å²) in [5, 5.41) is 3.48. The maximum Gasteiger partial charge on any atom is 0.133 e. The number of para-hydroxylation sites is 1. The number of hydrogen-bond acceptors (Lipinski definition) is 2. The van der Waals surface area contributed by atoms with Gasteiger partial charge in [0.05, 0.1) is 0 Å². The molecule has 2 heteroatoms. The lowest BCUT2D eigenvalue weighted by Crippen LogP contribution is -2.30. The molecule has 0 unspecified atom stereocenters. The molecule has 16 heavy (non-hydrogen) atoms. The predicted octanol–water partition coefficient (Wildman–Crippen LogP) is 3.25. The van der Waals surface area contributed by atoms with Gasteiger partial charge in [-0.3, -0.25) is 4.79 Å². The molecule has 1 saturated carbocycles. The second-order valence-electron chi connectivity index (χ2n) is 4.69. The molecule has 0 aromatic heterocycles. The van der Waals surface area contributed by atoms with Crippen LogP contribution in [0, 0.1) is 5.92 Å². The quantitative estimate of drug-likeness (QED) is 0.842. The average molecular weight is 217 g/mol. The molecule has 0 amide bonds. The van der Waals surface area contributed by atoms with Crippen molar-refractivity contribution >= 4 is 11.5 Å². The molecule has 86 valence electrons. The number of ketones is 1. The highest BCUT2D eigenvalue weighted by Crippen LogP contribution is 2.26. The summed E-state index contributed by atoms with van der Waals surface area (Å²) in [6.45, 7) is 2.18. The van der Waals surface area contributed by atoms with Gasteiger partial charge < -0.3 is 5.32 Å². The summed E-state index contributed by atoms with van der Waals surface area (Å²) in [4.78, 5) is 11.4. The van der Waals surface area contributed by atoms with Crippen molar-refractivity contribution in [3.63, 3.8) is 0 Å². The first kappa shape index (κ1) is 11.2. The van der Waals surface area contributed by atoms with Crippen LogP contribution in [0.2, 0.25) is 0 Å². The van der Waals surface area contributed by atoms with Crippen molar-refractivity contribution in [1.29, 1.82) is 0 Å². The van der Waals surface area contributed by atoms with Crippen LogP contribution in [-0.4, -0.2) is 11.8 Å². The molecule has 0 aliphatic heterocycles. The summed E-state index contributed by atoms with van der Waals surface area (Å²) in [6.07, 6.45) is 3.77. The lowest BCUT2D eigenvalue weighted by molar-refractivity contribution is -0.121. The zero-order chi connectivity index (χ0) is 11.4. The lowest BCUT2D eigenvalue weighted by Gasteiger charge is -2.28. The number of anilines is 1. The second-order valence-corrected chi connectivity index (χ2v) is 4.69. The predicted molar refractivity (Wildman–Crippen MR) is 66.5 cm³/mol. The molecule has 1 aliphatic rings. The van der Waals surface area contributed by atoms with Crippen LogP contribution in [0.1, 0.15) is 32.6 Å². The molecule has 2 rings (SSSR count). The van der Waals surface area contributed by atoms with Gasteiger partial charge in [-0.2, -0.15) is 0 Å². The Bertz CT molecular complexity index is 347. The number of hydrogen-bond donors (Lipinski definition) is 1. The van der Waals surface area contributed by atoms with Crippen LogP contribution in [0.3, 0.4) is 0 Å². The number of rotatable bonds is 3. The molecule has 1 aromatic carbocycles. The molecule has 1 aliphatic carbocycles. The lowest BCUT2D eigenvalue weighted by atomic mass is 9.84. The molecule has 0 bridgehead atoms. The van der Waals surface area contributed by atoms with Crippen LogP contribution in [-0.2, 0) is 4.79 Å². The highest BCUT2D eigenvalue weighted by Gasteiger charge is 2.24. The van der Waals surface area contributed by atoms with Gasteiger partial charge in [-0.05, 0) is 37.8 Å². The molecule has 1 fully saturated rings. The van der Waals surface area contributed by atoms with E-state index in [0.717, 1.165) is 24.9 Å². The van der Waals surface area contributed by atoms with Crippen molar-refractivity contribution in [2.45, 2.75) is 38.6 Å². The van der Waals surface area contributed by atoms with Gasteiger partial charge in [-0.25, -0.2) is 0 Å². The minimum atomic E-state index is 0.381. The molecule has 0 heterocycles. The molecule has 2 atom stereocenters. The highest BCUT2D eigenvalue weighted by atomic mass is 16.1. The van der Waals surface area contributed by atoms with E-state index in [-0.39, 0.29) is 0 Å². The van der Waals surface area contributed by atoms with E-state index in [1.165, 1.54) is 6.42 Å². The van der Waals surface area contributed by atoms with Gasteiger partial charge in [-0.1, -0.05) is 18.2 Å². The van der Waals surface area contributed by atoms with E-state index < -0.39 is 0 Å². The summed E-state index contributed by atoms with van der Waals surface area (Å²) in [5.74, 6) is 0.930. The Morgan fingerprint density at radius 2 is 2.06 bits per heavy atom. The van der Waals surface area contributed by atoms with Crippen LogP contribution in [0.25, 0.3) is 0 Å². The molecule has 0 radical (unpaired) electrons. The van der Waals surface area contributed by atoms with E-state index in [2.05, 4.69) is 24.4 Å². The van der Waals surface area contributed by atoms with Crippen molar-refractivity contribution in [3.8, 4) is 0 Å². The van der Waals surface area contributed by atoms with Gasteiger partial charge >= 0.3 is 0 Å². The third-order valence-corrected chi connectivity index (χ3v) is 3.40. The molecule has 1 aromatic rings. The molecule has 0 spiro atoms. The smallest absolute Gasteiger partial charge is 0.133 e. The number of Topliss-reactive ketones (excluding diaryl/α,β-unsaturated/α-hetero) is 1. The fourth-order valence-corrected chi connectivity index (χ4v) is 2.40. The normalized spacial score (nSPS) is 22.8. The van der Waals surface area contributed by atoms with Crippen LogP contribution in [0.5, 0.6) is 0 Å². The van der Waals surface area contributed by atoms with Gasteiger partial charge in [0.15, 0.2) is 0 Å². The van der Waals surface area contributed by atoms with E-state index in [9.17, 15) is 4.79 Å². The van der Waals surface area contributed by atoms with E-state index in [1.807, 2.05) is 18.2 Å². The van der Waals surface area contributed by atoms with Gasteiger partial charge in [-0.15, -0.1) is 0 Å². The molecule has 1 N–H and O–H groups in total. The number of nitrogens with one attached hydrogen (secondary N) is 1. The fraction of sp³-hybridized carbons (Fsp3) is 0.500. The van der Waals surface area contributed by atoms with Crippen molar-refractivity contribution in [2.24, 2.45) is 5.92 Å². The van der Waals surface area contributed by atoms with Crippen molar-refractivity contribution in [1.82, 2.24) is 0 Å². The summed E-state index contributed by atoms with van der Waals surface area (Å²) >= 11 is 0. The monoisotopic (exact) mass is 217 g/mol. The Morgan fingerprint density at radius 1 is 1.31 bits per heavy atom. The summed E-state index contributed by atoms with van der Waals surface area (Å²) in [7, 11) is 0. The minimum Gasteiger partial charge on any atom is -0.382 e. The van der Waals surface area contributed by atoms with Gasteiger partial charge in [0.1, 0.15) is 5.78 Å². The van der Waals surface area contributed by atoms with E-state index in [0.29, 0.717) is 17.7 Å². The molecular weight excluding hydrogens is 198 g/mol. The Hall–Kier alpha value is -1.31. The number of benzene rings is 1. The largest absolute Gasteiger partial charge is 0.382 e. The average Bonchev–Trinajstić information content (AvgIpc) is 2.30. The number of carbonyl (C=O) groups excluding carboxylic acids is 1. The first-order valence-electron chi connectivity index (χ1n) is 6.09. The van der Waals surface area contributed by atoms with Crippen LogP contribution >= 0.6 is 0 Å². The maximum absolute atomic E-state index is 11.4. The topological polar surface area (TPSA) is 29.1 Å². The maximum atomic E-state index is 11.4. The van der Waals surface area contributed by atoms with E-state index in [4.69, 9.17) is 0 Å². The SMILES string of the molecule is C[C@@H](Nc1ccccc1)[C@@H]1CCCC(=O)C1. The Balaban J connectivity index is 1.92. The van der Waals surface area contributed by atoms with E-state index in [1.54, 1.807) is 0 Å². The molecule has 0 saturated heterocycles. The first-order valence-corrected chi connectivity index (χ1v) is 6.09. The van der Waals surface area contributed by atoms with E-state index >= 15 is 0 Å². The molecule has 2 nitrogen and oxygen atoms in total. The van der Waals surface area contributed by atoms with Crippen molar-refractivity contribution < 1.29 is 4.79 Å². The van der Waals surface area contributed by atoms with Gasteiger partial charge in [0.2, 0.25) is 0 Å². The zero-order valence-electron chi connectivity index (χ0n) is 9.78. The summed E-state index contributed by atoms with van der Waals surface area (Å²) in [6, 6.07) is 10.6. The Morgan fingerprint density at radius 3 is 2.75 bits per heavy atom. The zero-order valence-corrected chi connectivity index (χ0v) is 9.78. The second kappa shape index (κ2) is 5.15.